The van der Waals surface area contributed by atoms with Gasteiger partial charge in [0, 0.05) is 30.4 Å². The smallest absolute Gasteiger partial charge is 0.147 e. The molecule has 0 atom stereocenters. The second kappa shape index (κ2) is 5.34. The normalized spacial score (nSPS) is 15.2. The number of hydrogen-bond donors (Lipinski definition) is 0. The molecule has 1 aromatic heterocycles. The third-order valence-corrected chi connectivity index (χ3v) is 3.30. The summed E-state index contributed by atoms with van der Waals surface area (Å²) in [5.41, 5.74) is 0. The molecule has 0 radical (unpaired) electrons. The second-order valence-corrected chi connectivity index (χ2v) is 5.20. The van der Waals surface area contributed by atoms with Crippen molar-refractivity contribution < 1.29 is 4.74 Å². The minimum Gasteiger partial charge on any atom is -0.383 e. The number of nitrogens with zero attached hydrogens (tertiary/aromatic N) is 2. The molecular formula is C11H14BrClN2O. The first-order valence-corrected chi connectivity index (χ1v) is 6.46. The largest absolute Gasteiger partial charge is 0.383 e. The number of rotatable bonds is 5. The molecular weight excluding hydrogens is 291 g/mol. The molecule has 1 aliphatic carbocycles. The number of halogens is 2. The van der Waals surface area contributed by atoms with Crippen molar-refractivity contribution in [1.29, 1.82) is 0 Å². The van der Waals surface area contributed by atoms with Crippen LogP contribution < -0.4 is 4.90 Å². The number of anilines is 1. The second-order valence-electron chi connectivity index (χ2n) is 3.88. The van der Waals surface area contributed by atoms with Crippen molar-refractivity contribution in [3.05, 3.63) is 21.8 Å². The number of hydrogen-bond acceptors (Lipinski definition) is 3. The first-order chi connectivity index (χ1) is 7.72. The Morgan fingerprint density at radius 2 is 2.38 bits per heavy atom. The van der Waals surface area contributed by atoms with E-state index in [4.69, 9.17) is 16.3 Å². The van der Waals surface area contributed by atoms with E-state index in [0.717, 1.165) is 16.8 Å². The highest BCUT2D eigenvalue weighted by molar-refractivity contribution is 9.10. The van der Waals surface area contributed by atoms with E-state index in [1.807, 2.05) is 6.07 Å². The van der Waals surface area contributed by atoms with Crippen LogP contribution in [-0.2, 0) is 4.74 Å². The Bertz CT molecular complexity index is 371. The van der Waals surface area contributed by atoms with Crippen LogP contribution >= 0.6 is 27.5 Å². The van der Waals surface area contributed by atoms with E-state index in [2.05, 4.69) is 25.8 Å². The van der Waals surface area contributed by atoms with E-state index < -0.39 is 0 Å². The van der Waals surface area contributed by atoms with Gasteiger partial charge in [-0.15, -0.1) is 0 Å². The summed E-state index contributed by atoms with van der Waals surface area (Å²) >= 11 is 9.56. The minimum absolute atomic E-state index is 0.585. The Morgan fingerprint density at radius 3 is 2.94 bits per heavy atom. The number of ether oxygens (including phenoxy) is 1. The van der Waals surface area contributed by atoms with Crippen molar-refractivity contribution in [1.82, 2.24) is 4.98 Å². The van der Waals surface area contributed by atoms with Crippen LogP contribution in [0, 0.1) is 0 Å². The highest BCUT2D eigenvalue weighted by atomic mass is 79.9. The van der Waals surface area contributed by atoms with Crippen molar-refractivity contribution >= 4 is 33.3 Å². The topological polar surface area (TPSA) is 25.4 Å². The molecule has 1 saturated carbocycles. The van der Waals surface area contributed by atoms with Gasteiger partial charge in [-0.25, -0.2) is 4.98 Å². The van der Waals surface area contributed by atoms with Crippen LogP contribution in [0.15, 0.2) is 16.7 Å². The molecule has 0 N–H and O–H groups in total. The van der Waals surface area contributed by atoms with Crippen molar-refractivity contribution in [3.63, 3.8) is 0 Å². The van der Waals surface area contributed by atoms with Gasteiger partial charge in [0.2, 0.25) is 0 Å². The first kappa shape index (κ1) is 12.1. The first-order valence-electron chi connectivity index (χ1n) is 5.29. The third kappa shape index (κ3) is 2.87. The SMILES string of the molecule is COCCN(c1ncc(Br)cc1Cl)C1CC1. The molecule has 0 unspecified atom stereocenters. The molecule has 0 aliphatic heterocycles. The molecule has 1 aliphatic rings. The molecule has 5 heteroatoms. The van der Waals surface area contributed by atoms with Gasteiger partial charge in [-0.2, -0.15) is 0 Å². The van der Waals surface area contributed by atoms with Gasteiger partial charge < -0.3 is 9.64 Å². The Kier molecular flexibility index (Phi) is 4.05. The lowest BCUT2D eigenvalue weighted by atomic mass is 10.4. The Morgan fingerprint density at radius 1 is 1.62 bits per heavy atom. The highest BCUT2D eigenvalue weighted by Crippen LogP contribution is 2.34. The molecule has 3 nitrogen and oxygen atoms in total. The summed E-state index contributed by atoms with van der Waals surface area (Å²) in [4.78, 5) is 6.62. The van der Waals surface area contributed by atoms with Gasteiger partial charge >= 0.3 is 0 Å². The van der Waals surface area contributed by atoms with E-state index in [9.17, 15) is 0 Å². The molecule has 0 bridgehead atoms. The summed E-state index contributed by atoms with van der Waals surface area (Å²) in [6.45, 7) is 1.54. The summed E-state index contributed by atoms with van der Waals surface area (Å²) < 4.78 is 6.02. The van der Waals surface area contributed by atoms with Crippen molar-refractivity contribution in [2.45, 2.75) is 18.9 Å². The van der Waals surface area contributed by atoms with Crippen LogP contribution in [0.5, 0.6) is 0 Å². The zero-order valence-corrected chi connectivity index (χ0v) is 11.5. The van der Waals surface area contributed by atoms with Crippen molar-refractivity contribution in [2.75, 3.05) is 25.2 Å². The molecule has 0 saturated heterocycles. The van der Waals surface area contributed by atoms with Crippen molar-refractivity contribution in [3.8, 4) is 0 Å². The molecule has 1 heterocycles. The zero-order valence-electron chi connectivity index (χ0n) is 9.12. The standard InChI is InChI=1S/C11H14BrClN2O/c1-16-5-4-15(9-2-3-9)11-10(13)6-8(12)7-14-11/h6-7,9H,2-5H2,1H3. The summed E-state index contributed by atoms with van der Waals surface area (Å²) in [5.74, 6) is 0.865. The van der Waals surface area contributed by atoms with E-state index in [1.165, 1.54) is 12.8 Å². The van der Waals surface area contributed by atoms with Gasteiger partial charge in [0.1, 0.15) is 5.82 Å². The summed E-state index contributed by atoms with van der Waals surface area (Å²) in [6.07, 6.45) is 4.22. The predicted octanol–water partition coefficient (Wildman–Crippen LogP) is 3.11. The fraction of sp³-hybridized carbons (Fsp3) is 0.545. The fourth-order valence-corrected chi connectivity index (χ4v) is 2.39. The van der Waals surface area contributed by atoms with Crippen LogP contribution in [0.4, 0.5) is 5.82 Å². The lowest BCUT2D eigenvalue weighted by molar-refractivity contribution is 0.204. The number of aromatic nitrogens is 1. The van der Waals surface area contributed by atoms with Crippen LogP contribution in [0.2, 0.25) is 5.02 Å². The summed E-state index contributed by atoms with van der Waals surface area (Å²) in [6, 6.07) is 2.47. The average molecular weight is 306 g/mol. The monoisotopic (exact) mass is 304 g/mol. The highest BCUT2D eigenvalue weighted by Gasteiger charge is 2.30. The Labute approximate surface area is 109 Å². The van der Waals surface area contributed by atoms with Gasteiger partial charge in [-0.3, -0.25) is 0 Å². The maximum absolute atomic E-state index is 6.20. The molecule has 0 aromatic carbocycles. The molecule has 1 fully saturated rings. The van der Waals surface area contributed by atoms with Crippen molar-refractivity contribution in [2.24, 2.45) is 0 Å². The molecule has 0 spiro atoms. The van der Waals surface area contributed by atoms with E-state index >= 15 is 0 Å². The quantitative estimate of drug-likeness (QED) is 0.836. The zero-order chi connectivity index (χ0) is 11.5. The molecule has 88 valence electrons. The molecule has 16 heavy (non-hydrogen) atoms. The Hall–Kier alpha value is -0.320. The lowest BCUT2D eigenvalue weighted by Crippen LogP contribution is -2.30. The number of pyridine rings is 1. The van der Waals surface area contributed by atoms with Gasteiger partial charge in [-0.05, 0) is 34.8 Å². The summed E-state index contributed by atoms with van der Waals surface area (Å²) in [5, 5.41) is 0.692. The molecule has 0 amide bonds. The van der Waals surface area contributed by atoms with Gasteiger partial charge in [0.15, 0.2) is 0 Å². The minimum atomic E-state index is 0.585. The number of methoxy groups -OCH3 is 1. The van der Waals surface area contributed by atoms with Gasteiger partial charge in [0.25, 0.3) is 0 Å². The van der Waals surface area contributed by atoms with Crippen LogP contribution in [0.25, 0.3) is 0 Å². The fourth-order valence-electron chi connectivity index (χ4n) is 1.66. The van der Waals surface area contributed by atoms with Gasteiger partial charge in [0.05, 0.1) is 11.6 Å². The van der Waals surface area contributed by atoms with E-state index in [-0.39, 0.29) is 0 Å². The van der Waals surface area contributed by atoms with Gasteiger partial charge in [-0.1, -0.05) is 11.6 Å². The van der Waals surface area contributed by atoms with Crippen LogP contribution in [-0.4, -0.2) is 31.3 Å². The van der Waals surface area contributed by atoms with E-state index in [1.54, 1.807) is 13.3 Å². The predicted molar refractivity (Wildman–Crippen MR) is 69.2 cm³/mol. The third-order valence-electron chi connectivity index (χ3n) is 2.58. The maximum Gasteiger partial charge on any atom is 0.147 e. The summed E-state index contributed by atoms with van der Waals surface area (Å²) in [7, 11) is 1.71. The maximum atomic E-state index is 6.20. The molecule has 1 aromatic rings. The average Bonchev–Trinajstić information content (AvgIpc) is 3.05. The van der Waals surface area contributed by atoms with Crippen LogP contribution in [0.1, 0.15) is 12.8 Å². The van der Waals surface area contributed by atoms with E-state index in [0.29, 0.717) is 17.7 Å². The Balaban J connectivity index is 2.17. The molecule has 2 rings (SSSR count). The van der Waals surface area contributed by atoms with Crippen LogP contribution in [0.3, 0.4) is 0 Å². The lowest BCUT2D eigenvalue weighted by Gasteiger charge is -2.24.